The van der Waals surface area contributed by atoms with Gasteiger partial charge in [-0.3, -0.25) is 9.59 Å². The molecule has 2 unspecified atom stereocenters. The van der Waals surface area contributed by atoms with E-state index in [2.05, 4.69) is 10.3 Å². The van der Waals surface area contributed by atoms with E-state index in [1.807, 2.05) is 6.92 Å². The molecule has 0 saturated carbocycles. The molecule has 1 amide bonds. The summed E-state index contributed by atoms with van der Waals surface area (Å²) in [6.07, 6.45) is 3.66. The second kappa shape index (κ2) is 5.35. The number of hydrogen-bond donors (Lipinski definition) is 2. The molecule has 1 aliphatic rings. The zero-order valence-corrected chi connectivity index (χ0v) is 10.7. The van der Waals surface area contributed by atoms with E-state index in [1.165, 1.54) is 6.92 Å². The van der Waals surface area contributed by atoms with Gasteiger partial charge in [0.1, 0.15) is 5.69 Å². The van der Waals surface area contributed by atoms with Gasteiger partial charge < -0.3 is 15.0 Å². The normalized spacial score (nSPS) is 20.7. The highest BCUT2D eigenvalue weighted by Crippen LogP contribution is 2.15. The fourth-order valence-electron chi connectivity index (χ4n) is 2.10. The third kappa shape index (κ3) is 2.79. The number of hydrogen-bond acceptors (Lipinski definition) is 3. The first-order valence-electron chi connectivity index (χ1n) is 6.19. The Morgan fingerprint density at radius 2 is 2.33 bits per heavy atom. The molecule has 0 aliphatic carbocycles. The Bertz CT molecular complexity index is 447. The third-order valence-electron chi connectivity index (χ3n) is 3.22. The van der Waals surface area contributed by atoms with Crippen LogP contribution in [0.3, 0.4) is 0 Å². The van der Waals surface area contributed by atoms with Crippen molar-refractivity contribution in [2.75, 3.05) is 6.61 Å². The number of rotatable bonds is 4. The minimum atomic E-state index is -0.203. The molecule has 2 heterocycles. The first-order chi connectivity index (χ1) is 8.58. The van der Waals surface area contributed by atoms with Crippen LogP contribution >= 0.6 is 0 Å². The maximum absolute atomic E-state index is 11.9. The monoisotopic (exact) mass is 250 g/mol. The van der Waals surface area contributed by atoms with Crippen molar-refractivity contribution in [3.8, 4) is 0 Å². The van der Waals surface area contributed by atoms with Crippen LogP contribution in [-0.4, -0.2) is 35.4 Å². The molecular formula is C13H18N2O3. The highest BCUT2D eigenvalue weighted by atomic mass is 16.5. The number of H-pyrrole nitrogens is 1. The highest BCUT2D eigenvalue weighted by molar-refractivity contribution is 5.99. The van der Waals surface area contributed by atoms with Gasteiger partial charge in [-0.05, 0) is 32.8 Å². The first kappa shape index (κ1) is 12.8. The van der Waals surface area contributed by atoms with Gasteiger partial charge in [0.05, 0.1) is 12.1 Å². The van der Waals surface area contributed by atoms with Crippen molar-refractivity contribution in [1.29, 1.82) is 0 Å². The molecule has 1 aromatic heterocycles. The van der Waals surface area contributed by atoms with Gasteiger partial charge in [-0.15, -0.1) is 0 Å². The molecule has 2 N–H and O–H groups in total. The lowest BCUT2D eigenvalue weighted by molar-refractivity contribution is 0.0710. The average Bonchev–Trinajstić information content (AvgIpc) is 3.00. The van der Waals surface area contributed by atoms with E-state index < -0.39 is 0 Å². The SMILES string of the molecule is CC(=O)c1c[nH]c(C(=O)NC(C)C2CCCO2)c1. The van der Waals surface area contributed by atoms with Crippen LogP contribution in [0.2, 0.25) is 0 Å². The van der Waals surface area contributed by atoms with Gasteiger partial charge in [-0.1, -0.05) is 0 Å². The van der Waals surface area contributed by atoms with E-state index in [9.17, 15) is 9.59 Å². The van der Waals surface area contributed by atoms with Crippen molar-refractivity contribution in [2.24, 2.45) is 0 Å². The largest absolute Gasteiger partial charge is 0.376 e. The molecule has 98 valence electrons. The van der Waals surface area contributed by atoms with Gasteiger partial charge in [0.25, 0.3) is 5.91 Å². The lowest BCUT2D eigenvalue weighted by Gasteiger charge is -2.19. The van der Waals surface area contributed by atoms with Crippen LogP contribution < -0.4 is 5.32 Å². The molecule has 0 radical (unpaired) electrons. The molecule has 1 fully saturated rings. The predicted octanol–water partition coefficient (Wildman–Crippen LogP) is 1.51. The lowest BCUT2D eigenvalue weighted by Crippen LogP contribution is -2.40. The van der Waals surface area contributed by atoms with Gasteiger partial charge in [0.2, 0.25) is 0 Å². The zero-order chi connectivity index (χ0) is 13.1. The number of ether oxygens (including phenoxy) is 1. The van der Waals surface area contributed by atoms with Crippen LogP contribution in [0.15, 0.2) is 12.3 Å². The summed E-state index contributed by atoms with van der Waals surface area (Å²) < 4.78 is 5.52. The summed E-state index contributed by atoms with van der Waals surface area (Å²) in [7, 11) is 0. The Kier molecular flexibility index (Phi) is 3.81. The van der Waals surface area contributed by atoms with E-state index >= 15 is 0 Å². The summed E-state index contributed by atoms with van der Waals surface area (Å²) in [6, 6.07) is 1.55. The molecule has 0 spiro atoms. The van der Waals surface area contributed by atoms with Crippen LogP contribution in [0.1, 0.15) is 47.5 Å². The Labute approximate surface area is 106 Å². The molecule has 5 nitrogen and oxygen atoms in total. The third-order valence-corrected chi connectivity index (χ3v) is 3.22. The Balaban J connectivity index is 1.95. The molecule has 1 saturated heterocycles. The number of carbonyl (C=O) groups is 2. The van der Waals surface area contributed by atoms with E-state index in [4.69, 9.17) is 4.74 Å². The minimum absolute atomic E-state index is 0.0240. The number of aromatic amines is 1. The predicted molar refractivity (Wildman–Crippen MR) is 66.7 cm³/mol. The maximum Gasteiger partial charge on any atom is 0.268 e. The minimum Gasteiger partial charge on any atom is -0.376 e. The van der Waals surface area contributed by atoms with Crippen molar-refractivity contribution >= 4 is 11.7 Å². The fourth-order valence-corrected chi connectivity index (χ4v) is 2.10. The number of amides is 1. The number of aromatic nitrogens is 1. The Morgan fingerprint density at radius 3 is 2.89 bits per heavy atom. The second-order valence-corrected chi connectivity index (χ2v) is 4.67. The van der Waals surface area contributed by atoms with Crippen molar-refractivity contribution in [3.63, 3.8) is 0 Å². The molecule has 1 aliphatic heterocycles. The highest BCUT2D eigenvalue weighted by Gasteiger charge is 2.24. The Hall–Kier alpha value is -1.62. The Morgan fingerprint density at radius 1 is 1.56 bits per heavy atom. The van der Waals surface area contributed by atoms with Gasteiger partial charge >= 0.3 is 0 Å². The molecule has 0 aromatic carbocycles. The van der Waals surface area contributed by atoms with Crippen molar-refractivity contribution in [1.82, 2.24) is 10.3 Å². The van der Waals surface area contributed by atoms with Gasteiger partial charge in [0.15, 0.2) is 5.78 Å². The second-order valence-electron chi connectivity index (χ2n) is 4.67. The molecule has 18 heavy (non-hydrogen) atoms. The van der Waals surface area contributed by atoms with Crippen LogP contribution in [0.25, 0.3) is 0 Å². The fraction of sp³-hybridized carbons (Fsp3) is 0.538. The van der Waals surface area contributed by atoms with Crippen LogP contribution in [0.4, 0.5) is 0 Å². The molecule has 2 atom stereocenters. The quantitative estimate of drug-likeness (QED) is 0.796. The number of ketones is 1. The summed E-state index contributed by atoms with van der Waals surface area (Å²) in [5.41, 5.74) is 0.926. The van der Waals surface area contributed by atoms with Gasteiger partial charge in [-0.2, -0.15) is 0 Å². The molecular weight excluding hydrogens is 232 g/mol. The van der Waals surface area contributed by atoms with E-state index in [0.29, 0.717) is 11.3 Å². The van der Waals surface area contributed by atoms with Crippen molar-refractivity contribution < 1.29 is 14.3 Å². The van der Waals surface area contributed by atoms with Gasteiger partial charge in [0, 0.05) is 18.4 Å². The smallest absolute Gasteiger partial charge is 0.268 e. The number of Topliss-reactive ketones (excluding diaryl/α,β-unsaturated/α-hetero) is 1. The molecule has 5 heteroatoms. The van der Waals surface area contributed by atoms with Gasteiger partial charge in [-0.25, -0.2) is 0 Å². The summed E-state index contributed by atoms with van der Waals surface area (Å²) in [4.78, 5) is 25.9. The van der Waals surface area contributed by atoms with Crippen LogP contribution in [0.5, 0.6) is 0 Å². The molecule has 1 aromatic rings. The van der Waals surface area contributed by atoms with Crippen LogP contribution in [-0.2, 0) is 4.74 Å². The van der Waals surface area contributed by atoms with E-state index in [0.717, 1.165) is 19.4 Å². The standard InChI is InChI=1S/C13H18N2O3/c1-8(12-4-3-5-18-12)15-13(17)11-6-10(7-14-11)9(2)16/h6-8,12,14H,3-5H2,1-2H3,(H,15,17). The number of nitrogens with one attached hydrogen (secondary N) is 2. The lowest BCUT2D eigenvalue weighted by atomic mass is 10.1. The van der Waals surface area contributed by atoms with E-state index in [-0.39, 0.29) is 23.8 Å². The summed E-state index contributed by atoms with van der Waals surface area (Å²) in [5.74, 6) is -0.261. The van der Waals surface area contributed by atoms with Crippen molar-refractivity contribution in [3.05, 3.63) is 23.5 Å². The molecule has 2 rings (SSSR count). The average molecular weight is 250 g/mol. The summed E-state index contributed by atoms with van der Waals surface area (Å²) >= 11 is 0. The van der Waals surface area contributed by atoms with Crippen molar-refractivity contribution in [2.45, 2.75) is 38.8 Å². The van der Waals surface area contributed by atoms with Crippen LogP contribution in [0, 0.1) is 0 Å². The summed E-state index contributed by atoms with van der Waals surface area (Å²) in [6.45, 7) is 4.17. The zero-order valence-electron chi connectivity index (χ0n) is 10.7. The van der Waals surface area contributed by atoms with E-state index in [1.54, 1.807) is 12.3 Å². The summed E-state index contributed by atoms with van der Waals surface area (Å²) in [5, 5.41) is 2.88. The first-order valence-corrected chi connectivity index (χ1v) is 6.19. The molecule has 0 bridgehead atoms. The number of carbonyl (C=O) groups excluding carboxylic acids is 2. The maximum atomic E-state index is 11.9. The topological polar surface area (TPSA) is 71.2 Å².